The second kappa shape index (κ2) is 5.41. The van der Waals surface area contributed by atoms with E-state index in [1.807, 2.05) is 0 Å². The summed E-state index contributed by atoms with van der Waals surface area (Å²) in [6, 6.07) is 6.83. The minimum atomic E-state index is -3.50. The molecule has 7 heteroatoms. The Hall–Kier alpha value is -1.60. The first-order chi connectivity index (χ1) is 9.65. The van der Waals surface area contributed by atoms with Crippen LogP contribution in [0.1, 0.15) is 12.8 Å². The Morgan fingerprint density at radius 2 is 1.95 bits per heavy atom. The van der Waals surface area contributed by atoms with E-state index in [-0.39, 0.29) is 4.90 Å². The number of piperidine rings is 1. The summed E-state index contributed by atoms with van der Waals surface area (Å²) < 4.78 is 26.7. The van der Waals surface area contributed by atoms with Crippen molar-refractivity contribution in [1.29, 1.82) is 0 Å². The van der Waals surface area contributed by atoms with Crippen LogP contribution in [0, 0.1) is 5.92 Å². The smallest absolute Gasteiger partial charge is 0.266 e. The number of para-hydroxylation sites is 1. The molecule has 2 aliphatic heterocycles. The second-order valence-corrected chi connectivity index (χ2v) is 6.76. The predicted molar refractivity (Wildman–Crippen MR) is 78.3 cm³/mol. The minimum absolute atomic E-state index is 0.265. The Morgan fingerprint density at radius 1 is 1.20 bits per heavy atom. The summed E-state index contributed by atoms with van der Waals surface area (Å²) in [5.41, 5.74) is 0.579. The van der Waals surface area contributed by atoms with Gasteiger partial charge in [-0.25, -0.2) is 13.1 Å². The number of aliphatic imine (C=N–C) groups is 1. The van der Waals surface area contributed by atoms with Crippen LogP contribution in [0.25, 0.3) is 0 Å². The van der Waals surface area contributed by atoms with Gasteiger partial charge in [-0.2, -0.15) is 0 Å². The van der Waals surface area contributed by atoms with Crippen LogP contribution in [0.3, 0.4) is 0 Å². The number of hydrogen-bond donors (Lipinski definition) is 3. The van der Waals surface area contributed by atoms with Crippen LogP contribution in [0.2, 0.25) is 0 Å². The molecule has 0 atom stereocenters. The highest BCUT2D eigenvalue weighted by atomic mass is 32.2. The fourth-order valence-corrected chi connectivity index (χ4v) is 3.64. The first kappa shape index (κ1) is 13.4. The zero-order valence-electron chi connectivity index (χ0n) is 11.1. The minimum Gasteiger partial charge on any atom is -0.324 e. The third-order valence-electron chi connectivity index (χ3n) is 3.63. The molecule has 0 aromatic heterocycles. The maximum Gasteiger partial charge on any atom is 0.266 e. The molecule has 0 bridgehead atoms. The van der Waals surface area contributed by atoms with Crippen molar-refractivity contribution in [3.63, 3.8) is 0 Å². The van der Waals surface area contributed by atoms with Crippen LogP contribution in [0.15, 0.2) is 34.2 Å². The number of benzene rings is 1. The van der Waals surface area contributed by atoms with Crippen molar-refractivity contribution in [3.8, 4) is 0 Å². The maximum absolute atomic E-state index is 12.1. The molecular weight excluding hydrogens is 276 g/mol. The molecule has 1 fully saturated rings. The van der Waals surface area contributed by atoms with Crippen molar-refractivity contribution in [2.24, 2.45) is 10.9 Å². The Labute approximate surface area is 118 Å². The van der Waals surface area contributed by atoms with E-state index in [1.165, 1.54) is 0 Å². The first-order valence-electron chi connectivity index (χ1n) is 6.79. The molecule has 0 saturated carbocycles. The van der Waals surface area contributed by atoms with Crippen molar-refractivity contribution in [2.45, 2.75) is 17.7 Å². The van der Waals surface area contributed by atoms with Gasteiger partial charge in [0.05, 0.1) is 5.69 Å². The number of nitrogens with one attached hydrogen (secondary N) is 3. The molecule has 0 amide bonds. The third-order valence-corrected chi connectivity index (χ3v) is 5.02. The van der Waals surface area contributed by atoms with Crippen molar-refractivity contribution >= 4 is 21.7 Å². The van der Waals surface area contributed by atoms with Gasteiger partial charge < -0.3 is 10.6 Å². The van der Waals surface area contributed by atoms with Crippen LogP contribution < -0.4 is 15.4 Å². The monoisotopic (exact) mass is 294 g/mol. The Kier molecular flexibility index (Phi) is 3.62. The first-order valence-corrected chi connectivity index (χ1v) is 8.27. The largest absolute Gasteiger partial charge is 0.324 e. The summed E-state index contributed by atoms with van der Waals surface area (Å²) in [6.45, 7) is 2.67. The van der Waals surface area contributed by atoms with Gasteiger partial charge in [0.1, 0.15) is 4.90 Å². The zero-order chi connectivity index (χ0) is 14.0. The number of sulfonamides is 1. The molecule has 2 heterocycles. The SMILES string of the molecule is O=S1(=O)NC(=NCC2CCNCC2)Nc2ccccc21. The summed E-state index contributed by atoms with van der Waals surface area (Å²) >= 11 is 0. The highest BCUT2D eigenvalue weighted by Crippen LogP contribution is 2.23. The van der Waals surface area contributed by atoms with E-state index in [0.717, 1.165) is 25.9 Å². The highest BCUT2D eigenvalue weighted by Gasteiger charge is 2.26. The number of anilines is 1. The third kappa shape index (κ3) is 2.78. The Balaban J connectivity index is 1.77. The molecule has 108 valence electrons. The van der Waals surface area contributed by atoms with E-state index in [4.69, 9.17) is 0 Å². The molecule has 20 heavy (non-hydrogen) atoms. The van der Waals surface area contributed by atoms with Gasteiger partial charge in [-0.3, -0.25) is 4.99 Å². The van der Waals surface area contributed by atoms with Crippen molar-refractivity contribution in [2.75, 3.05) is 25.0 Å². The summed E-state index contributed by atoms with van der Waals surface area (Å²) in [5, 5.41) is 6.34. The van der Waals surface area contributed by atoms with E-state index in [1.54, 1.807) is 24.3 Å². The number of guanidine groups is 1. The topological polar surface area (TPSA) is 82.6 Å². The van der Waals surface area contributed by atoms with Crippen LogP contribution >= 0.6 is 0 Å². The lowest BCUT2D eigenvalue weighted by Gasteiger charge is -2.23. The zero-order valence-corrected chi connectivity index (χ0v) is 11.9. The fraction of sp³-hybridized carbons (Fsp3) is 0.462. The molecule has 0 spiro atoms. The summed E-state index contributed by atoms with van der Waals surface area (Å²) in [6.07, 6.45) is 2.17. The van der Waals surface area contributed by atoms with E-state index in [9.17, 15) is 8.42 Å². The molecule has 3 N–H and O–H groups in total. The van der Waals surface area contributed by atoms with Gasteiger partial charge in [-0.1, -0.05) is 12.1 Å². The van der Waals surface area contributed by atoms with Crippen LogP contribution in [0.5, 0.6) is 0 Å². The van der Waals surface area contributed by atoms with E-state index >= 15 is 0 Å². The standard InChI is InChI=1S/C13H18N4O2S/c18-20(19)12-4-2-1-3-11(12)16-13(17-20)15-9-10-5-7-14-8-6-10/h1-4,10,14H,5-9H2,(H2,15,16,17). The van der Waals surface area contributed by atoms with Crippen LogP contribution in [-0.4, -0.2) is 34.0 Å². The lowest BCUT2D eigenvalue weighted by molar-refractivity contribution is 0.383. The Morgan fingerprint density at radius 3 is 2.75 bits per heavy atom. The lowest BCUT2D eigenvalue weighted by atomic mass is 9.99. The van der Waals surface area contributed by atoms with Gasteiger partial charge in [0.15, 0.2) is 0 Å². The Bertz CT molecular complexity index is 621. The van der Waals surface area contributed by atoms with Gasteiger partial charge in [-0.05, 0) is 44.0 Å². The quantitative estimate of drug-likeness (QED) is 0.751. The molecule has 2 aliphatic rings. The number of hydrogen-bond acceptors (Lipinski definition) is 4. The van der Waals surface area contributed by atoms with Crippen LogP contribution in [-0.2, 0) is 10.0 Å². The van der Waals surface area contributed by atoms with Gasteiger partial charge in [0.2, 0.25) is 5.96 Å². The van der Waals surface area contributed by atoms with E-state index in [0.29, 0.717) is 24.1 Å². The number of rotatable bonds is 2. The second-order valence-electron chi connectivity index (χ2n) is 5.11. The molecule has 0 aliphatic carbocycles. The van der Waals surface area contributed by atoms with E-state index < -0.39 is 10.0 Å². The van der Waals surface area contributed by atoms with Crippen LogP contribution in [0.4, 0.5) is 5.69 Å². The van der Waals surface area contributed by atoms with Gasteiger partial charge in [0, 0.05) is 6.54 Å². The normalized spacial score (nSPS) is 23.7. The number of nitrogens with zero attached hydrogens (tertiary/aromatic N) is 1. The molecule has 1 aromatic rings. The summed E-state index contributed by atoms with van der Waals surface area (Å²) in [7, 11) is -3.50. The molecule has 0 radical (unpaired) electrons. The van der Waals surface area contributed by atoms with Gasteiger partial charge >= 0.3 is 0 Å². The summed E-state index contributed by atoms with van der Waals surface area (Å²) in [5.74, 6) is 0.842. The fourth-order valence-electron chi connectivity index (χ4n) is 2.50. The maximum atomic E-state index is 12.1. The molecular formula is C13H18N4O2S. The molecule has 1 aromatic carbocycles. The molecule has 3 rings (SSSR count). The van der Waals surface area contributed by atoms with Gasteiger partial charge in [0.25, 0.3) is 10.0 Å². The average Bonchev–Trinajstić information content (AvgIpc) is 2.46. The van der Waals surface area contributed by atoms with Crippen molar-refractivity contribution in [1.82, 2.24) is 10.0 Å². The summed E-state index contributed by atoms with van der Waals surface area (Å²) in [4.78, 5) is 4.65. The highest BCUT2D eigenvalue weighted by molar-refractivity contribution is 7.90. The van der Waals surface area contributed by atoms with Gasteiger partial charge in [-0.15, -0.1) is 0 Å². The van der Waals surface area contributed by atoms with Crippen molar-refractivity contribution < 1.29 is 8.42 Å². The molecule has 0 unspecified atom stereocenters. The predicted octanol–water partition coefficient (Wildman–Crippen LogP) is 0.746. The number of fused-ring (bicyclic) bond motifs is 1. The molecule has 1 saturated heterocycles. The van der Waals surface area contributed by atoms with E-state index in [2.05, 4.69) is 20.3 Å². The van der Waals surface area contributed by atoms with Crippen molar-refractivity contribution in [3.05, 3.63) is 24.3 Å². The average molecular weight is 294 g/mol. The molecule has 6 nitrogen and oxygen atoms in total. The lowest BCUT2D eigenvalue weighted by Crippen LogP contribution is -2.41.